The smallest absolute Gasteiger partial charge is 0.260 e. The molecule has 0 saturated carbocycles. The van der Waals surface area contributed by atoms with Crippen LogP contribution in [0.25, 0.3) is 0 Å². The molecule has 2 aliphatic rings. The summed E-state index contributed by atoms with van der Waals surface area (Å²) in [5.74, 6) is 1.30. The van der Waals surface area contributed by atoms with Crippen LogP contribution in [0.15, 0.2) is 24.3 Å². The van der Waals surface area contributed by atoms with E-state index in [0.29, 0.717) is 5.92 Å². The third kappa shape index (κ3) is 4.15. The molecule has 5 nitrogen and oxygen atoms in total. The first-order chi connectivity index (χ1) is 12.1. The van der Waals surface area contributed by atoms with Gasteiger partial charge in [-0.15, -0.1) is 0 Å². The van der Waals surface area contributed by atoms with Crippen molar-refractivity contribution in [2.45, 2.75) is 26.2 Å². The maximum atomic E-state index is 12.5. The zero-order valence-corrected chi connectivity index (χ0v) is 15.3. The van der Waals surface area contributed by atoms with Crippen LogP contribution < -0.4 is 4.74 Å². The van der Waals surface area contributed by atoms with Crippen LogP contribution in [0.4, 0.5) is 0 Å². The van der Waals surface area contributed by atoms with Gasteiger partial charge in [-0.2, -0.15) is 0 Å². The summed E-state index contributed by atoms with van der Waals surface area (Å²) in [5, 5.41) is 0. The number of rotatable bonds is 5. The number of piperidine rings is 1. The molecule has 2 saturated heterocycles. The summed E-state index contributed by atoms with van der Waals surface area (Å²) < 4.78 is 16.8. The molecule has 2 heterocycles. The number of carbonyl (C=O) groups is 1. The number of hydrogen-bond acceptors (Lipinski definition) is 4. The average Bonchev–Trinajstić information content (AvgIpc) is 2.64. The van der Waals surface area contributed by atoms with E-state index in [1.165, 1.54) is 0 Å². The lowest BCUT2D eigenvalue weighted by Gasteiger charge is -2.48. The predicted molar refractivity (Wildman–Crippen MR) is 95.7 cm³/mol. The van der Waals surface area contributed by atoms with Crippen molar-refractivity contribution >= 4 is 5.91 Å². The molecule has 0 radical (unpaired) electrons. The third-order valence-corrected chi connectivity index (χ3v) is 5.85. The molecule has 1 aromatic rings. The van der Waals surface area contributed by atoms with Crippen LogP contribution in [-0.2, 0) is 14.3 Å². The van der Waals surface area contributed by atoms with Gasteiger partial charge >= 0.3 is 0 Å². The van der Waals surface area contributed by atoms with E-state index in [4.69, 9.17) is 14.2 Å². The van der Waals surface area contributed by atoms with E-state index >= 15 is 0 Å². The number of para-hydroxylation sites is 1. The van der Waals surface area contributed by atoms with Crippen molar-refractivity contribution in [2.24, 2.45) is 11.3 Å². The fourth-order valence-corrected chi connectivity index (χ4v) is 4.12. The van der Waals surface area contributed by atoms with Gasteiger partial charge in [0.2, 0.25) is 0 Å². The fourth-order valence-electron chi connectivity index (χ4n) is 4.12. The number of aryl methyl sites for hydroxylation is 1. The molecule has 1 amide bonds. The van der Waals surface area contributed by atoms with Gasteiger partial charge in [0.25, 0.3) is 5.91 Å². The molecule has 2 aliphatic heterocycles. The van der Waals surface area contributed by atoms with E-state index in [-0.39, 0.29) is 17.9 Å². The van der Waals surface area contributed by atoms with Crippen molar-refractivity contribution in [2.75, 3.05) is 46.6 Å². The summed E-state index contributed by atoms with van der Waals surface area (Å²) in [6.45, 7) is 6.05. The standard InChI is InChI=1S/C20H29NO4/c1-16-5-3-4-6-18(16)25-15-19(22)21-10-7-20(8-11-21)9-12-24-14-17(20)13-23-2/h3-6,17H,7-15H2,1-2H3/t17-/m1/s1. The van der Waals surface area contributed by atoms with E-state index in [9.17, 15) is 4.79 Å². The predicted octanol–water partition coefficient (Wildman–Crippen LogP) is 2.67. The molecule has 1 aromatic carbocycles. The van der Waals surface area contributed by atoms with Gasteiger partial charge in [-0.1, -0.05) is 18.2 Å². The normalized spacial score (nSPS) is 22.8. The molecule has 0 unspecified atom stereocenters. The van der Waals surface area contributed by atoms with Crippen molar-refractivity contribution in [3.63, 3.8) is 0 Å². The Labute approximate surface area is 150 Å². The molecule has 1 spiro atoms. The van der Waals surface area contributed by atoms with Crippen molar-refractivity contribution < 1.29 is 19.0 Å². The summed E-state index contributed by atoms with van der Waals surface area (Å²) in [6, 6.07) is 7.80. The van der Waals surface area contributed by atoms with Gasteiger partial charge in [-0.3, -0.25) is 4.79 Å². The Morgan fingerprint density at radius 3 is 2.76 bits per heavy atom. The first-order valence-electron chi connectivity index (χ1n) is 9.17. The van der Waals surface area contributed by atoms with Crippen LogP contribution in [0.3, 0.4) is 0 Å². The van der Waals surface area contributed by atoms with E-state index in [0.717, 1.165) is 63.5 Å². The monoisotopic (exact) mass is 347 g/mol. The van der Waals surface area contributed by atoms with Gasteiger partial charge in [0.15, 0.2) is 6.61 Å². The number of methoxy groups -OCH3 is 1. The highest BCUT2D eigenvalue weighted by atomic mass is 16.5. The summed E-state index contributed by atoms with van der Waals surface area (Å²) in [6.07, 6.45) is 3.13. The summed E-state index contributed by atoms with van der Waals surface area (Å²) >= 11 is 0. The largest absolute Gasteiger partial charge is 0.484 e. The van der Waals surface area contributed by atoms with Crippen LogP contribution >= 0.6 is 0 Å². The molecule has 5 heteroatoms. The number of benzene rings is 1. The van der Waals surface area contributed by atoms with Crippen LogP contribution in [0, 0.1) is 18.3 Å². The van der Waals surface area contributed by atoms with Gasteiger partial charge < -0.3 is 19.1 Å². The quantitative estimate of drug-likeness (QED) is 0.822. The number of nitrogens with zero attached hydrogens (tertiary/aromatic N) is 1. The number of ether oxygens (including phenoxy) is 3. The van der Waals surface area contributed by atoms with Crippen molar-refractivity contribution in [3.8, 4) is 5.75 Å². The van der Waals surface area contributed by atoms with Gasteiger partial charge in [0.1, 0.15) is 5.75 Å². The SMILES string of the molecule is COC[C@@H]1COCCC12CCN(C(=O)COc1ccccc1C)CC2. The zero-order valence-electron chi connectivity index (χ0n) is 15.3. The van der Waals surface area contributed by atoms with Gasteiger partial charge in [0.05, 0.1) is 13.2 Å². The van der Waals surface area contributed by atoms with E-state index in [1.807, 2.05) is 36.1 Å². The summed E-state index contributed by atoms with van der Waals surface area (Å²) in [5.41, 5.74) is 1.32. The Balaban J connectivity index is 1.53. The lowest BCUT2D eigenvalue weighted by molar-refractivity contribution is -0.140. The van der Waals surface area contributed by atoms with Gasteiger partial charge in [-0.25, -0.2) is 0 Å². The van der Waals surface area contributed by atoms with Crippen molar-refractivity contribution in [1.29, 1.82) is 0 Å². The molecule has 0 aliphatic carbocycles. The lowest BCUT2D eigenvalue weighted by atomic mass is 9.66. The maximum absolute atomic E-state index is 12.5. The third-order valence-electron chi connectivity index (χ3n) is 5.85. The second-order valence-corrected chi connectivity index (χ2v) is 7.27. The highest BCUT2D eigenvalue weighted by Crippen LogP contribution is 2.44. The molecule has 0 bridgehead atoms. The molecular formula is C20H29NO4. The highest BCUT2D eigenvalue weighted by molar-refractivity contribution is 5.77. The summed E-state index contributed by atoms with van der Waals surface area (Å²) in [4.78, 5) is 14.5. The van der Waals surface area contributed by atoms with Crippen LogP contribution in [0.1, 0.15) is 24.8 Å². The van der Waals surface area contributed by atoms with Crippen LogP contribution in [0.5, 0.6) is 5.75 Å². The lowest BCUT2D eigenvalue weighted by Crippen LogP contribution is -2.51. The van der Waals surface area contributed by atoms with Crippen LogP contribution in [-0.4, -0.2) is 57.4 Å². The molecule has 3 rings (SSSR count). The minimum Gasteiger partial charge on any atom is -0.484 e. The minimum absolute atomic E-state index is 0.0773. The second-order valence-electron chi connectivity index (χ2n) is 7.27. The van der Waals surface area contributed by atoms with Crippen molar-refractivity contribution in [3.05, 3.63) is 29.8 Å². The molecule has 0 aromatic heterocycles. The molecular weight excluding hydrogens is 318 g/mol. The Morgan fingerprint density at radius 1 is 1.28 bits per heavy atom. The van der Waals surface area contributed by atoms with E-state index < -0.39 is 0 Å². The summed E-state index contributed by atoms with van der Waals surface area (Å²) in [7, 11) is 1.75. The zero-order chi connectivity index (χ0) is 17.7. The molecule has 25 heavy (non-hydrogen) atoms. The molecule has 0 N–H and O–H groups in total. The second kappa shape index (κ2) is 8.19. The van der Waals surface area contributed by atoms with Crippen molar-refractivity contribution in [1.82, 2.24) is 4.90 Å². The maximum Gasteiger partial charge on any atom is 0.260 e. The molecule has 1 atom stereocenters. The van der Waals surface area contributed by atoms with Crippen LogP contribution in [0.2, 0.25) is 0 Å². The molecule has 138 valence electrons. The number of hydrogen-bond donors (Lipinski definition) is 0. The number of amides is 1. The first-order valence-corrected chi connectivity index (χ1v) is 9.17. The number of carbonyl (C=O) groups excluding carboxylic acids is 1. The average molecular weight is 347 g/mol. The van der Waals surface area contributed by atoms with Gasteiger partial charge in [0, 0.05) is 32.7 Å². The fraction of sp³-hybridized carbons (Fsp3) is 0.650. The Bertz CT molecular complexity index is 579. The Hall–Kier alpha value is -1.59. The first kappa shape index (κ1) is 18.2. The van der Waals surface area contributed by atoms with E-state index in [1.54, 1.807) is 7.11 Å². The Kier molecular flexibility index (Phi) is 5.97. The minimum atomic E-state index is 0.0773. The van der Waals surface area contributed by atoms with E-state index in [2.05, 4.69) is 0 Å². The number of likely N-dealkylation sites (tertiary alicyclic amines) is 1. The Morgan fingerprint density at radius 2 is 2.04 bits per heavy atom. The molecule has 2 fully saturated rings. The highest BCUT2D eigenvalue weighted by Gasteiger charge is 2.44. The topological polar surface area (TPSA) is 48.0 Å². The van der Waals surface area contributed by atoms with Gasteiger partial charge in [-0.05, 0) is 43.2 Å².